The number of halogens is 2. The number of aromatic nitrogens is 2. The molecule has 0 aliphatic carbocycles. The van der Waals surface area contributed by atoms with Crippen LogP contribution in [0.3, 0.4) is 0 Å². The number of nitrogens with zero attached hydrogens (tertiary/aromatic N) is 2. The zero-order chi connectivity index (χ0) is 11.7. The van der Waals surface area contributed by atoms with Crippen molar-refractivity contribution in [3.63, 3.8) is 0 Å². The lowest BCUT2D eigenvalue weighted by atomic mass is 10.1. The number of rotatable bonds is 2. The zero-order valence-corrected chi connectivity index (χ0v) is 8.45. The van der Waals surface area contributed by atoms with E-state index in [4.69, 9.17) is 0 Å². The summed E-state index contributed by atoms with van der Waals surface area (Å²) in [6.07, 6.45) is 2.98. The highest BCUT2D eigenvalue weighted by molar-refractivity contribution is 6.06. The van der Waals surface area contributed by atoms with Crippen molar-refractivity contribution >= 4 is 5.78 Å². The molecule has 0 bridgehead atoms. The fraction of sp³-hybridized carbons (Fsp3) is 0.0909. The lowest BCUT2D eigenvalue weighted by molar-refractivity contribution is 0.102. The van der Waals surface area contributed by atoms with Crippen molar-refractivity contribution in [3.05, 3.63) is 53.6 Å². The molecular weight excluding hydrogens is 214 g/mol. The van der Waals surface area contributed by atoms with Gasteiger partial charge in [-0.2, -0.15) is 0 Å². The Morgan fingerprint density at radius 2 is 2.12 bits per heavy atom. The van der Waals surface area contributed by atoms with E-state index >= 15 is 0 Å². The fourth-order valence-electron chi connectivity index (χ4n) is 1.38. The normalized spacial score (nSPS) is 10.4. The third-order valence-corrected chi connectivity index (χ3v) is 2.22. The summed E-state index contributed by atoms with van der Waals surface area (Å²) in [5.41, 5.74) is -0.311. The van der Waals surface area contributed by atoms with Crippen LogP contribution in [0.4, 0.5) is 8.78 Å². The number of ketones is 1. The van der Waals surface area contributed by atoms with Crippen molar-refractivity contribution in [3.8, 4) is 0 Å². The Bertz CT molecular complexity index is 549. The molecule has 1 aromatic heterocycles. The molecule has 0 spiro atoms. The SMILES string of the molecule is Cn1ccnc1C(=O)c1cccc(F)c1F. The van der Waals surface area contributed by atoms with E-state index in [1.165, 1.54) is 22.9 Å². The van der Waals surface area contributed by atoms with E-state index in [0.29, 0.717) is 0 Å². The van der Waals surface area contributed by atoms with Gasteiger partial charge in [-0.15, -0.1) is 0 Å². The molecule has 5 heteroatoms. The maximum atomic E-state index is 13.3. The largest absolute Gasteiger partial charge is 0.331 e. The van der Waals surface area contributed by atoms with Crippen LogP contribution < -0.4 is 0 Å². The number of benzene rings is 1. The van der Waals surface area contributed by atoms with Gasteiger partial charge in [-0.05, 0) is 12.1 Å². The second-order valence-electron chi connectivity index (χ2n) is 3.29. The maximum Gasteiger partial charge on any atom is 0.231 e. The summed E-state index contributed by atoms with van der Waals surface area (Å²) in [5, 5.41) is 0. The van der Waals surface area contributed by atoms with Crippen LogP contribution in [0.1, 0.15) is 16.2 Å². The summed E-state index contributed by atoms with van der Waals surface area (Å²) in [5.74, 6) is -2.75. The Labute approximate surface area is 90.3 Å². The minimum atomic E-state index is -1.14. The molecular formula is C11H8F2N2O. The van der Waals surface area contributed by atoms with Crippen LogP contribution in [0.5, 0.6) is 0 Å². The van der Waals surface area contributed by atoms with Gasteiger partial charge in [-0.3, -0.25) is 4.79 Å². The number of aryl methyl sites for hydroxylation is 1. The molecule has 82 valence electrons. The number of hydrogen-bond acceptors (Lipinski definition) is 2. The monoisotopic (exact) mass is 222 g/mol. The lowest BCUT2D eigenvalue weighted by Gasteiger charge is -2.02. The topological polar surface area (TPSA) is 34.9 Å². The van der Waals surface area contributed by atoms with E-state index in [-0.39, 0.29) is 11.4 Å². The van der Waals surface area contributed by atoms with Gasteiger partial charge < -0.3 is 4.57 Å². The Hall–Kier alpha value is -2.04. The molecule has 0 atom stereocenters. The van der Waals surface area contributed by atoms with Crippen molar-refractivity contribution in [2.75, 3.05) is 0 Å². The molecule has 1 aromatic carbocycles. The molecule has 0 aliphatic heterocycles. The van der Waals surface area contributed by atoms with Gasteiger partial charge in [-0.1, -0.05) is 6.07 Å². The van der Waals surface area contributed by atoms with E-state index in [2.05, 4.69) is 4.98 Å². The molecule has 3 nitrogen and oxygen atoms in total. The second-order valence-corrected chi connectivity index (χ2v) is 3.29. The molecule has 0 fully saturated rings. The van der Waals surface area contributed by atoms with E-state index in [1.54, 1.807) is 13.2 Å². The van der Waals surface area contributed by atoms with Crippen molar-refractivity contribution in [1.82, 2.24) is 9.55 Å². The highest BCUT2D eigenvalue weighted by Gasteiger charge is 2.19. The lowest BCUT2D eigenvalue weighted by Crippen LogP contribution is -2.11. The van der Waals surface area contributed by atoms with Gasteiger partial charge in [0.15, 0.2) is 17.5 Å². The van der Waals surface area contributed by atoms with E-state index in [9.17, 15) is 13.6 Å². The second kappa shape index (κ2) is 3.84. The molecule has 2 aromatic rings. The Morgan fingerprint density at radius 1 is 1.38 bits per heavy atom. The first kappa shape index (κ1) is 10.5. The first-order chi connectivity index (χ1) is 7.61. The third kappa shape index (κ3) is 1.60. The maximum absolute atomic E-state index is 13.3. The zero-order valence-electron chi connectivity index (χ0n) is 8.45. The number of hydrogen-bond donors (Lipinski definition) is 0. The summed E-state index contributed by atoms with van der Waals surface area (Å²) in [6, 6.07) is 3.48. The summed E-state index contributed by atoms with van der Waals surface area (Å²) < 4.78 is 27.7. The molecule has 2 rings (SSSR count). The predicted molar refractivity (Wildman–Crippen MR) is 53.0 cm³/mol. The van der Waals surface area contributed by atoms with Crippen LogP contribution in [0.15, 0.2) is 30.6 Å². The van der Waals surface area contributed by atoms with Gasteiger partial charge in [0.25, 0.3) is 0 Å². The fourth-order valence-corrected chi connectivity index (χ4v) is 1.38. The highest BCUT2D eigenvalue weighted by atomic mass is 19.2. The standard InChI is InChI=1S/C11H8F2N2O/c1-15-6-5-14-11(15)10(16)7-3-2-4-8(12)9(7)13/h2-6H,1H3. The Balaban J connectivity index is 2.50. The molecule has 0 N–H and O–H groups in total. The molecule has 16 heavy (non-hydrogen) atoms. The smallest absolute Gasteiger partial charge is 0.231 e. The van der Waals surface area contributed by atoms with Crippen LogP contribution in [-0.2, 0) is 7.05 Å². The minimum Gasteiger partial charge on any atom is -0.331 e. The average Bonchev–Trinajstić information content (AvgIpc) is 2.68. The predicted octanol–water partition coefficient (Wildman–Crippen LogP) is 1.93. The van der Waals surface area contributed by atoms with Gasteiger partial charge in [0, 0.05) is 19.4 Å². The van der Waals surface area contributed by atoms with Crippen molar-refractivity contribution in [1.29, 1.82) is 0 Å². The van der Waals surface area contributed by atoms with E-state index in [1.807, 2.05) is 0 Å². The van der Waals surface area contributed by atoms with Crippen LogP contribution >= 0.6 is 0 Å². The summed E-state index contributed by atoms with van der Waals surface area (Å²) in [6.45, 7) is 0. The molecule has 0 radical (unpaired) electrons. The van der Waals surface area contributed by atoms with Gasteiger partial charge >= 0.3 is 0 Å². The van der Waals surface area contributed by atoms with Gasteiger partial charge in [0.05, 0.1) is 5.56 Å². The first-order valence-corrected chi connectivity index (χ1v) is 4.57. The Morgan fingerprint density at radius 3 is 2.75 bits per heavy atom. The van der Waals surface area contributed by atoms with Gasteiger partial charge in [-0.25, -0.2) is 13.8 Å². The minimum absolute atomic E-state index is 0.0736. The van der Waals surface area contributed by atoms with Crippen LogP contribution in [0, 0.1) is 11.6 Å². The quantitative estimate of drug-likeness (QED) is 0.728. The number of carbonyl (C=O) groups is 1. The van der Waals surface area contributed by atoms with E-state index in [0.717, 1.165) is 6.07 Å². The molecule has 0 saturated carbocycles. The van der Waals surface area contributed by atoms with Crippen LogP contribution in [0.25, 0.3) is 0 Å². The first-order valence-electron chi connectivity index (χ1n) is 4.57. The van der Waals surface area contributed by atoms with Crippen molar-refractivity contribution in [2.45, 2.75) is 0 Å². The molecule has 1 heterocycles. The number of imidazole rings is 1. The molecule has 0 unspecified atom stereocenters. The summed E-state index contributed by atoms with van der Waals surface area (Å²) in [4.78, 5) is 15.6. The molecule has 0 saturated heterocycles. The van der Waals surface area contributed by atoms with Crippen molar-refractivity contribution < 1.29 is 13.6 Å². The molecule has 0 amide bonds. The van der Waals surface area contributed by atoms with Gasteiger partial charge in [0.2, 0.25) is 5.78 Å². The van der Waals surface area contributed by atoms with Crippen LogP contribution in [0.2, 0.25) is 0 Å². The average molecular weight is 222 g/mol. The summed E-state index contributed by atoms with van der Waals surface area (Å²) >= 11 is 0. The highest BCUT2D eigenvalue weighted by Crippen LogP contribution is 2.14. The molecule has 0 aliphatic rings. The van der Waals surface area contributed by atoms with Gasteiger partial charge in [0.1, 0.15) is 0 Å². The third-order valence-electron chi connectivity index (χ3n) is 2.22. The van der Waals surface area contributed by atoms with Crippen LogP contribution in [-0.4, -0.2) is 15.3 Å². The van der Waals surface area contributed by atoms with Crippen molar-refractivity contribution in [2.24, 2.45) is 7.05 Å². The van der Waals surface area contributed by atoms with E-state index < -0.39 is 17.4 Å². The number of carbonyl (C=O) groups excluding carboxylic acids is 1. The Kier molecular flexibility index (Phi) is 2.52. The summed E-state index contributed by atoms with van der Waals surface area (Å²) in [7, 11) is 1.61.